The fourth-order valence-electron chi connectivity index (χ4n) is 0.334. The van der Waals surface area contributed by atoms with E-state index in [-0.39, 0.29) is 6.10 Å². The zero-order chi connectivity index (χ0) is 9.56. The van der Waals surface area contributed by atoms with Gasteiger partial charge < -0.3 is 20.3 Å². The molecule has 0 aromatic rings. The van der Waals surface area contributed by atoms with Crippen LogP contribution in [0.25, 0.3) is 0 Å². The average molecular weight is 175 g/mol. The van der Waals surface area contributed by atoms with Crippen LogP contribution in [0.1, 0.15) is 6.92 Å². The average Bonchev–Trinajstić information content (AvgIpc) is 2.62. The molecule has 5 heteroatoms. The SMILES string of the molecule is C=CCNC(=O)O.CC1OC1O. The summed E-state index contributed by atoms with van der Waals surface area (Å²) < 4.78 is 4.47. The summed E-state index contributed by atoms with van der Waals surface area (Å²) in [4.78, 5) is 9.60. The third-order valence-corrected chi connectivity index (χ3v) is 1.08. The Balaban J connectivity index is 0.000000211. The van der Waals surface area contributed by atoms with Crippen LogP contribution in [0, 0.1) is 0 Å². The molecule has 0 spiro atoms. The van der Waals surface area contributed by atoms with Gasteiger partial charge in [-0.2, -0.15) is 0 Å². The summed E-state index contributed by atoms with van der Waals surface area (Å²) in [5.74, 6) is 0. The number of amides is 1. The van der Waals surface area contributed by atoms with E-state index in [0.717, 1.165) is 0 Å². The second-order valence-corrected chi connectivity index (χ2v) is 2.21. The van der Waals surface area contributed by atoms with E-state index in [1.54, 1.807) is 0 Å². The number of aliphatic hydroxyl groups excluding tert-OH is 1. The van der Waals surface area contributed by atoms with Crippen LogP contribution in [-0.4, -0.2) is 35.2 Å². The number of epoxide rings is 1. The molecule has 1 rings (SSSR count). The summed E-state index contributed by atoms with van der Waals surface area (Å²) in [6, 6.07) is 0. The number of carbonyl (C=O) groups is 1. The maximum absolute atomic E-state index is 9.60. The highest BCUT2D eigenvalue weighted by atomic mass is 16.7. The van der Waals surface area contributed by atoms with Gasteiger partial charge in [0.2, 0.25) is 0 Å². The minimum absolute atomic E-state index is 0.106. The van der Waals surface area contributed by atoms with Crippen molar-refractivity contribution in [2.45, 2.75) is 19.3 Å². The van der Waals surface area contributed by atoms with Crippen LogP contribution in [0.4, 0.5) is 4.79 Å². The van der Waals surface area contributed by atoms with Gasteiger partial charge in [0.1, 0.15) is 6.10 Å². The predicted molar refractivity (Wildman–Crippen MR) is 42.8 cm³/mol. The van der Waals surface area contributed by atoms with Crippen molar-refractivity contribution in [1.82, 2.24) is 5.32 Å². The Morgan fingerprint density at radius 1 is 1.83 bits per heavy atom. The van der Waals surface area contributed by atoms with Gasteiger partial charge in [-0.1, -0.05) is 6.08 Å². The third-order valence-electron chi connectivity index (χ3n) is 1.08. The molecule has 70 valence electrons. The zero-order valence-electron chi connectivity index (χ0n) is 6.86. The Kier molecular flexibility index (Phi) is 5.07. The highest BCUT2D eigenvalue weighted by molar-refractivity contribution is 5.64. The molecule has 5 nitrogen and oxygen atoms in total. The molecule has 2 atom stereocenters. The molecule has 1 aliphatic heterocycles. The van der Waals surface area contributed by atoms with E-state index in [1.807, 2.05) is 6.92 Å². The highest BCUT2D eigenvalue weighted by Gasteiger charge is 2.30. The van der Waals surface area contributed by atoms with E-state index in [4.69, 9.17) is 10.2 Å². The van der Waals surface area contributed by atoms with Gasteiger partial charge in [-0.05, 0) is 6.92 Å². The van der Waals surface area contributed by atoms with Gasteiger partial charge in [0, 0.05) is 6.54 Å². The van der Waals surface area contributed by atoms with Crippen molar-refractivity contribution < 1.29 is 19.7 Å². The molecule has 1 saturated heterocycles. The molecule has 1 amide bonds. The first-order chi connectivity index (χ1) is 5.57. The Morgan fingerprint density at radius 2 is 2.25 bits per heavy atom. The molecule has 1 aliphatic rings. The lowest BCUT2D eigenvalue weighted by Crippen LogP contribution is -2.19. The fourth-order valence-corrected chi connectivity index (χ4v) is 0.334. The molecule has 0 aliphatic carbocycles. The lowest BCUT2D eigenvalue weighted by atomic mass is 10.5. The first-order valence-electron chi connectivity index (χ1n) is 3.49. The van der Waals surface area contributed by atoms with Crippen molar-refractivity contribution in [3.63, 3.8) is 0 Å². The zero-order valence-corrected chi connectivity index (χ0v) is 6.86. The number of aliphatic hydroxyl groups is 1. The molecule has 0 aromatic heterocycles. The summed E-state index contributed by atoms with van der Waals surface area (Å²) in [5.41, 5.74) is 0. The standard InChI is InChI=1S/C4H7NO2.C3H6O2/c1-2-3-5-4(6)7;1-2-3(4)5-2/h2,5H,1,3H2,(H,6,7);2-4H,1H3. The van der Waals surface area contributed by atoms with E-state index in [1.165, 1.54) is 6.08 Å². The Morgan fingerprint density at radius 3 is 2.33 bits per heavy atom. The summed E-state index contributed by atoms with van der Waals surface area (Å²) in [6.45, 7) is 5.45. The van der Waals surface area contributed by atoms with E-state index in [9.17, 15) is 4.79 Å². The van der Waals surface area contributed by atoms with Crippen LogP contribution >= 0.6 is 0 Å². The van der Waals surface area contributed by atoms with Crippen LogP contribution in [0.3, 0.4) is 0 Å². The molecule has 0 saturated carbocycles. The molecule has 0 aromatic carbocycles. The highest BCUT2D eigenvalue weighted by Crippen LogP contribution is 2.15. The van der Waals surface area contributed by atoms with Gasteiger partial charge in [0.25, 0.3) is 0 Å². The first-order valence-corrected chi connectivity index (χ1v) is 3.49. The van der Waals surface area contributed by atoms with Gasteiger partial charge in [-0.15, -0.1) is 6.58 Å². The number of nitrogens with one attached hydrogen (secondary N) is 1. The Hall–Kier alpha value is -1.07. The molecule has 1 heterocycles. The monoisotopic (exact) mass is 175 g/mol. The number of carboxylic acid groups (broad SMARTS) is 1. The maximum Gasteiger partial charge on any atom is 0.404 e. The van der Waals surface area contributed by atoms with Crippen LogP contribution in [0.15, 0.2) is 12.7 Å². The molecular weight excluding hydrogens is 162 g/mol. The molecule has 0 radical (unpaired) electrons. The maximum atomic E-state index is 9.60. The van der Waals surface area contributed by atoms with E-state index in [2.05, 4.69) is 16.6 Å². The summed E-state index contributed by atoms with van der Waals surface area (Å²) in [7, 11) is 0. The smallest absolute Gasteiger partial charge is 0.404 e. The third kappa shape index (κ3) is 7.04. The number of hydrogen-bond acceptors (Lipinski definition) is 3. The van der Waals surface area contributed by atoms with Crippen LogP contribution < -0.4 is 5.32 Å². The van der Waals surface area contributed by atoms with Crippen molar-refractivity contribution in [3.05, 3.63) is 12.7 Å². The fraction of sp³-hybridized carbons (Fsp3) is 0.571. The Bertz CT molecular complexity index is 153. The van der Waals surface area contributed by atoms with E-state index < -0.39 is 12.4 Å². The molecule has 1 fully saturated rings. The number of hydrogen-bond donors (Lipinski definition) is 3. The molecule has 0 bridgehead atoms. The van der Waals surface area contributed by atoms with Crippen molar-refractivity contribution in [2.75, 3.05) is 6.54 Å². The summed E-state index contributed by atoms with van der Waals surface area (Å²) >= 11 is 0. The minimum atomic E-state index is -1.01. The van der Waals surface area contributed by atoms with Crippen molar-refractivity contribution in [2.24, 2.45) is 0 Å². The molecule has 12 heavy (non-hydrogen) atoms. The van der Waals surface area contributed by atoms with Gasteiger partial charge in [0.15, 0.2) is 6.29 Å². The molecule has 3 N–H and O–H groups in total. The molecular formula is C7H13NO4. The second kappa shape index (κ2) is 5.56. The molecule has 2 unspecified atom stereocenters. The quantitative estimate of drug-likeness (QED) is 0.412. The van der Waals surface area contributed by atoms with Crippen molar-refractivity contribution in [1.29, 1.82) is 0 Å². The normalized spacial score (nSPS) is 24.8. The first kappa shape index (κ1) is 10.9. The lowest BCUT2D eigenvalue weighted by Gasteiger charge is -1.88. The van der Waals surface area contributed by atoms with Gasteiger partial charge in [0.05, 0.1) is 0 Å². The summed E-state index contributed by atoms with van der Waals surface area (Å²) in [6.07, 6.45) is 0.124. The topological polar surface area (TPSA) is 82.1 Å². The van der Waals surface area contributed by atoms with Gasteiger partial charge in [-0.25, -0.2) is 4.79 Å². The number of rotatable bonds is 2. The number of ether oxygens (including phenoxy) is 1. The largest absolute Gasteiger partial charge is 0.465 e. The van der Waals surface area contributed by atoms with Crippen LogP contribution in [-0.2, 0) is 4.74 Å². The van der Waals surface area contributed by atoms with Crippen molar-refractivity contribution >= 4 is 6.09 Å². The predicted octanol–water partition coefficient (Wildman–Crippen LogP) is 0.164. The van der Waals surface area contributed by atoms with Gasteiger partial charge >= 0.3 is 6.09 Å². The van der Waals surface area contributed by atoms with Crippen LogP contribution in [0.5, 0.6) is 0 Å². The minimum Gasteiger partial charge on any atom is -0.465 e. The lowest BCUT2D eigenvalue weighted by molar-refractivity contribution is 0.156. The summed E-state index contributed by atoms with van der Waals surface area (Å²) in [5, 5.41) is 18.2. The van der Waals surface area contributed by atoms with Crippen LogP contribution in [0.2, 0.25) is 0 Å². The van der Waals surface area contributed by atoms with Gasteiger partial charge in [-0.3, -0.25) is 0 Å². The van der Waals surface area contributed by atoms with E-state index >= 15 is 0 Å². The van der Waals surface area contributed by atoms with E-state index in [0.29, 0.717) is 6.54 Å². The second-order valence-electron chi connectivity index (χ2n) is 2.21. The Labute approximate surface area is 70.7 Å². The van der Waals surface area contributed by atoms with Crippen molar-refractivity contribution in [3.8, 4) is 0 Å².